The topological polar surface area (TPSA) is 64.9 Å². The minimum absolute atomic E-state index is 0.545. The van der Waals surface area contributed by atoms with E-state index in [0.29, 0.717) is 22.8 Å². The van der Waals surface area contributed by atoms with Crippen LogP contribution in [-0.2, 0) is 0 Å². The normalized spacial score (nSPS) is 11.0. The molecule has 0 atom stereocenters. The van der Waals surface area contributed by atoms with E-state index in [9.17, 15) is 0 Å². The summed E-state index contributed by atoms with van der Waals surface area (Å²) < 4.78 is 6.49. The molecule has 0 aliphatic carbocycles. The van der Waals surface area contributed by atoms with Crippen molar-refractivity contribution < 1.29 is 4.42 Å². The van der Waals surface area contributed by atoms with Crippen LogP contribution in [0.3, 0.4) is 0 Å². The average molecular weight is 304 g/mol. The maximum Gasteiger partial charge on any atom is 0.228 e. The quantitative estimate of drug-likeness (QED) is 0.698. The van der Waals surface area contributed by atoms with Gasteiger partial charge in [0.2, 0.25) is 5.89 Å². The fourth-order valence-electron chi connectivity index (χ4n) is 1.70. The Balaban J connectivity index is 2.16. The summed E-state index contributed by atoms with van der Waals surface area (Å²) >= 11 is 3.39. The molecule has 0 amide bonds. The fourth-order valence-corrected chi connectivity index (χ4v) is 2.08. The molecule has 0 radical (unpaired) electrons. The highest BCUT2D eigenvalue weighted by Gasteiger charge is 2.10. The van der Waals surface area contributed by atoms with Crippen LogP contribution in [0.15, 0.2) is 39.2 Å². The molecule has 0 saturated heterocycles. The number of nitrogens with zero attached hydrogens (tertiary/aromatic N) is 2. The van der Waals surface area contributed by atoms with Gasteiger partial charge in [-0.25, -0.2) is 4.98 Å². The number of hydrogen-bond donors (Lipinski definition) is 1. The summed E-state index contributed by atoms with van der Waals surface area (Å²) in [5, 5.41) is 0. The molecule has 0 fully saturated rings. The first-order valence-electron chi connectivity index (χ1n) is 5.43. The Labute approximate surface area is 112 Å². The number of pyridine rings is 1. The molecule has 0 spiro atoms. The standard InChI is InChI=1S/C13H10BrN3O/c1-7-2-5-11-12(16-7)17-13(18-11)8-3-4-10(15)9(14)6-8/h2-6H,15H2,1H3. The van der Waals surface area contributed by atoms with Crippen molar-refractivity contribution in [2.24, 2.45) is 0 Å². The molecule has 3 aromatic rings. The van der Waals surface area contributed by atoms with Crippen LogP contribution < -0.4 is 5.73 Å². The highest BCUT2D eigenvalue weighted by Crippen LogP contribution is 2.28. The van der Waals surface area contributed by atoms with Gasteiger partial charge >= 0.3 is 0 Å². The van der Waals surface area contributed by atoms with E-state index in [2.05, 4.69) is 25.9 Å². The van der Waals surface area contributed by atoms with Gasteiger partial charge in [-0.05, 0) is 53.2 Å². The van der Waals surface area contributed by atoms with Crippen LogP contribution in [0.2, 0.25) is 0 Å². The zero-order chi connectivity index (χ0) is 12.7. The minimum Gasteiger partial charge on any atom is -0.434 e. The molecule has 0 aliphatic rings. The smallest absolute Gasteiger partial charge is 0.228 e. The van der Waals surface area contributed by atoms with Gasteiger partial charge in [-0.2, -0.15) is 4.98 Å². The van der Waals surface area contributed by atoms with Crippen LogP contribution in [-0.4, -0.2) is 9.97 Å². The molecule has 2 aromatic heterocycles. The molecule has 18 heavy (non-hydrogen) atoms. The number of anilines is 1. The van der Waals surface area contributed by atoms with Crippen molar-refractivity contribution >= 4 is 32.8 Å². The third-order valence-electron chi connectivity index (χ3n) is 2.64. The number of fused-ring (bicyclic) bond motifs is 1. The van der Waals surface area contributed by atoms with E-state index in [0.717, 1.165) is 15.7 Å². The van der Waals surface area contributed by atoms with Gasteiger partial charge in [-0.15, -0.1) is 0 Å². The Morgan fingerprint density at radius 1 is 1.17 bits per heavy atom. The van der Waals surface area contributed by atoms with E-state index in [1.165, 1.54) is 0 Å². The maximum absolute atomic E-state index is 5.75. The molecule has 5 heteroatoms. The molecule has 3 rings (SSSR count). The third-order valence-corrected chi connectivity index (χ3v) is 3.33. The summed E-state index contributed by atoms with van der Waals surface area (Å²) in [7, 11) is 0. The van der Waals surface area contributed by atoms with Crippen LogP contribution >= 0.6 is 15.9 Å². The molecule has 2 heterocycles. The van der Waals surface area contributed by atoms with Crippen LogP contribution in [0.4, 0.5) is 5.69 Å². The number of halogens is 1. The van der Waals surface area contributed by atoms with Gasteiger partial charge < -0.3 is 10.2 Å². The number of benzene rings is 1. The van der Waals surface area contributed by atoms with Gasteiger partial charge in [0.15, 0.2) is 11.2 Å². The number of nitrogens with two attached hydrogens (primary N) is 1. The zero-order valence-corrected chi connectivity index (χ0v) is 11.2. The van der Waals surface area contributed by atoms with E-state index < -0.39 is 0 Å². The fraction of sp³-hybridized carbons (Fsp3) is 0.0769. The Kier molecular flexibility index (Phi) is 2.56. The SMILES string of the molecule is Cc1ccc2oc(-c3ccc(N)c(Br)c3)nc2n1. The first-order valence-corrected chi connectivity index (χ1v) is 6.22. The molecular weight excluding hydrogens is 294 g/mol. The second-order valence-corrected chi connectivity index (χ2v) is 4.88. The van der Waals surface area contributed by atoms with Crippen LogP contribution in [0.25, 0.3) is 22.7 Å². The predicted octanol–water partition coefficient (Wildman–Crippen LogP) is 3.54. The van der Waals surface area contributed by atoms with Crippen molar-refractivity contribution in [3.63, 3.8) is 0 Å². The summed E-state index contributed by atoms with van der Waals surface area (Å²) in [4.78, 5) is 8.70. The van der Waals surface area contributed by atoms with Crippen molar-refractivity contribution in [3.05, 3.63) is 40.5 Å². The lowest BCUT2D eigenvalue weighted by Gasteiger charge is -1.99. The predicted molar refractivity (Wildman–Crippen MR) is 74.1 cm³/mol. The Bertz CT molecular complexity index is 736. The summed E-state index contributed by atoms with van der Waals surface area (Å²) in [6.07, 6.45) is 0. The van der Waals surface area contributed by atoms with E-state index in [1.807, 2.05) is 37.3 Å². The Hall–Kier alpha value is -1.88. The monoisotopic (exact) mass is 303 g/mol. The Morgan fingerprint density at radius 2 is 2.00 bits per heavy atom. The van der Waals surface area contributed by atoms with Crippen LogP contribution in [0, 0.1) is 6.92 Å². The number of oxazole rings is 1. The first kappa shape index (κ1) is 11.2. The highest BCUT2D eigenvalue weighted by molar-refractivity contribution is 9.10. The van der Waals surface area contributed by atoms with E-state index >= 15 is 0 Å². The van der Waals surface area contributed by atoms with Crippen molar-refractivity contribution in [1.82, 2.24) is 9.97 Å². The zero-order valence-electron chi connectivity index (χ0n) is 9.64. The molecule has 0 aliphatic heterocycles. The third kappa shape index (κ3) is 1.86. The number of hydrogen-bond acceptors (Lipinski definition) is 4. The van der Waals surface area contributed by atoms with Gasteiger partial charge in [0.1, 0.15) is 0 Å². The summed E-state index contributed by atoms with van der Waals surface area (Å²) in [6.45, 7) is 1.92. The van der Waals surface area contributed by atoms with E-state index in [-0.39, 0.29) is 0 Å². The van der Waals surface area contributed by atoms with Gasteiger partial charge in [0.25, 0.3) is 0 Å². The van der Waals surface area contributed by atoms with Crippen molar-refractivity contribution in [2.75, 3.05) is 5.73 Å². The highest BCUT2D eigenvalue weighted by atomic mass is 79.9. The molecule has 90 valence electrons. The summed E-state index contributed by atoms with van der Waals surface area (Å²) in [5.74, 6) is 0.545. The molecule has 0 bridgehead atoms. The summed E-state index contributed by atoms with van der Waals surface area (Å²) in [5.41, 5.74) is 9.53. The van der Waals surface area contributed by atoms with E-state index in [1.54, 1.807) is 0 Å². The lowest BCUT2D eigenvalue weighted by atomic mass is 10.2. The molecule has 1 aromatic carbocycles. The summed E-state index contributed by atoms with van der Waals surface area (Å²) in [6, 6.07) is 9.34. The van der Waals surface area contributed by atoms with Gasteiger partial charge in [0.05, 0.1) is 0 Å². The van der Waals surface area contributed by atoms with Crippen molar-refractivity contribution in [1.29, 1.82) is 0 Å². The van der Waals surface area contributed by atoms with Gasteiger partial charge in [0, 0.05) is 21.4 Å². The average Bonchev–Trinajstić information content (AvgIpc) is 2.75. The maximum atomic E-state index is 5.75. The molecule has 0 saturated carbocycles. The number of aryl methyl sites for hydroxylation is 1. The van der Waals surface area contributed by atoms with Crippen LogP contribution in [0.5, 0.6) is 0 Å². The van der Waals surface area contributed by atoms with Crippen molar-refractivity contribution in [3.8, 4) is 11.5 Å². The van der Waals surface area contributed by atoms with Gasteiger partial charge in [-0.1, -0.05) is 0 Å². The first-order chi connectivity index (χ1) is 8.63. The molecule has 4 nitrogen and oxygen atoms in total. The minimum atomic E-state index is 0.545. The lowest BCUT2D eigenvalue weighted by molar-refractivity contribution is 0.619. The second-order valence-electron chi connectivity index (χ2n) is 4.03. The Morgan fingerprint density at radius 3 is 2.78 bits per heavy atom. The van der Waals surface area contributed by atoms with Crippen molar-refractivity contribution in [2.45, 2.75) is 6.92 Å². The van der Waals surface area contributed by atoms with Gasteiger partial charge in [-0.3, -0.25) is 0 Å². The largest absolute Gasteiger partial charge is 0.434 e. The number of nitrogen functional groups attached to an aromatic ring is 1. The molecule has 2 N–H and O–H groups in total. The van der Waals surface area contributed by atoms with Crippen LogP contribution in [0.1, 0.15) is 5.69 Å². The second kappa shape index (κ2) is 4.10. The van der Waals surface area contributed by atoms with E-state index in [4.69, 9.17) is 10.2 Å². The molecule has 0 unspecified atom stereocenters. The molecular formula is C13H10BrN3O. The number of rotatable bonds is 1. The number of aromatic nitrogens is 2. The lowest BCUT2D eigenvalue weighted by Crippen LogP contribution is -1.87.